The van der Waals surface area contributed by atoms with Gasteiger partial charge >= 0.3 is 41.8 Å². The minimum atomic E-state index is -2.04. The van der Waals surface area contributed by atoms with Gasteiger partial charge in [0, 0.05) is 48.5 Å². The number of aliphatic hydroxyl groups is 1. The largest absolute Gasteiger partial charge is 0.463 e. The number of esters is 7. The summed E-state index contributed by atoms with van der Waals surface area (Å²) in [7, 11) is 0. The molecule has 5 saturated heterocycles. The number of carbonyl (C=O) groups excluding carboxylic acids is 7. The number of halogens is 1. The molecular weight excluding hydrogens is 852 g/mol. The van der Waals surface area contributed by atoms with E-state index in [4.69, 9.17) is 87.4 Å². The molecule has 1 unspecified atom stereocenters. The first kappa shape index (κ1) is 48.2. The predicted octanol–water partition coefficient (Wildman–Crippen LogP) is -1.22. The Hall–Kier alpha value is -3.82. The SMILES string of the molecule is CC(=O)OC[C@H]1O[C@@H](O[C@H]2[C@H](O)[C@@H](COC3(C)O[C@H]4O[C@H](COC(=O)CCl)[C@@H](OC(C)=O)[C@H](OC(C)=O)[C@H]4O3)O[C@@H]3O[C@@H](C)O[C@@H]32)[C@H](OC(C)=O)[C@@H](OC(C)=O)[C@@H]1OC(C)=O. The van der Waals surface area contributed by atoms with Crippen molar-refractivity contribution in [1.29, 1.82) is 0 Å². The molecule has 5 aliphatic heterocycles. The molecule has 0 aromatic rings. The number of ether oxygens (including phenoxy) is 16. The lowest BCUT2D eigenvalue weighted by atomic mass is 9.96. The van der Waals surface area contributed by atoms with Crippen LogP contribution in [0.25, 0.3) is 0 Å². The molecule has 0 spiro atoms. The van der Waals surface area contributed by atoms with Crippen molar-refractivity contribution in [3.63, 3.8) is 0 Å². The van der Waals surface area contributed by atoms with Crippen molar-refractivity contribution in [1.82, 2.24) is 0 Å². The van der Waals surface area contributed by atoms with Crippen LogP contribution < -0.4 is 0 Å². The second kappa shape index (κ2) is 20.6. The molecule has 344 valence electrons. The Morgan fingerprint density at radius 1 is 0.557 bits per heavy atom. The molecule has 0 saturated carbocycles. The van der Waals surface area contributed by atoms with Gasteiger partial charge in [0.25, 0.3) is 5.97 Å². The molecule has 0 bridgehead atoms. The lowest BCUT2D eigenvalue weighted by Crippen LogP contribution is -2.66. The normalized spacial score (nSPS) is 39.1. The molecule has 0 aliphatic carbocycles. The fraction of sp³-hybridized carbons (Fsp3) is 0.806. The fourth-order valence-corrected chi connectivity index (χ4v) is 7.30. The Kier molecular flexibility index (Phi) is 16.3. The molecule has 0 radical (unpaired) electrons. The number of hydrogen-bond acceptors (Lipinski definition) is 24. The standard InChI is InChI=1S/C36H49ClO24/c1-13(38)46-10-21-25(49-14(2)39)28(51-16(4)41)31(53-18(6)43)34(57-21)59-27-24(45)20(56-33-30(27)54-19(7)55-33)12-48-36(8)60-32-29(52-17(5)42)26(50-15(3)40)22(58-35(32)61-36)11-47-23(44)9-37/h19-22,24-35,45H,9-12H2,1-8H3/t19-,20+,21+,22+,24+,25+,26+,27-,28-,29-,30+,31+,32+,33-,34-,35+,36?/m0/s1. The van der Waals surface area contributed by atoms with Gasteiger partial charge in [0.1, 0.15) is 55.7 Å². The second-order valence-corrected chi connectivity index (χ2v) is 14.7. The first-order valence-corrected chi connectivity index (χ1v) is 19.5. The van der Waals surface area contributed by atoms with E-state index in [0.717, 1.165) is 41.5 Å². The molecule has 0 aromatic carbocycles. The predicted molar refractivity (Wildman–Crippen MR) is 189 cm³/mol. The lowest BCUT2D eigenvalue weighted by Gasteiger charge is -2.47. The second-order valence-electron chi connectivity index (χ2n) is 14.4. The van der Waals surface area contributed by atoms with E-state index in [9.17, 15) is 38.7 Å². The smallest absolute Gasteiger partial charge is 0.320 e. The van der Waals surface area contributed by atoms with Crippen LogP contribution in [0, 0.1) is 0 Å². The van der Waals surface area contributed by atoms with E-state index >= 15 is 0 Å². The molecule has 1 N–H and O–H groups in total. The molecule has 0 amide bonds. The van der Waals surface area contributed by atoms with Gasteiger partial charge in [-0.1, -0.05) is 0 Å². The average Bonchev–Trinajstić information content (AvgIpc) is 3.70. The van der Waals surface area contributed by atoms with E-state index in [1.54, 1.807) is 6.92 Å². The summed E-state index contributed by atoms with van der Waals surface area (Å²) in [5, 5.41) is 11.9. The van der Waals surface area contributed by atoms with Crippen LogP contribution in [-0.2, 0) is 109 Å². The van der Waals surface area contributed by atoms with E-state index in [0.29, 0.717) is 0 Å². The van der Waals surface area contributed by atoms with Crippen LogP contribution >= 0.6 is 11.6 Å². The summed E-state index contributed by atoms with van der Waals surface area (Å²) in [6.45, 7) is 7.78. The van der Waals surface area contributed by atoms with Crippen LogP contribution in [0.5, 0.6) is 0 Å². The molecule has 5 fully saturated rings. The minimum absolute atomic E-state index is 0.489. The van der Waals surface area contributed by atoms with E-state index < -0.39 is 172 Å². The summed E-state index contributed by atoms with van der Waals surface area (Å²) < 4.78 is 91.6. The van der Waals surface area contributed by atoms with Crippen LogP contribution in [0.4, 0.5) is 0 Å². The van der Waals surface area contributed by atoms with Gasteiger partial charge in [0.05, 0.1) is 6.61 Å². The number of fused-ring (bicyclic) bond motifs is 2. The molecule has 5 rings (SSSR count). The Balaban J connectivity index is 1.39. The summed E-state index contributed by atoms with van der Waals surface area (Å²) >= 11 is 5.56. The number of hydrogen-bond donors (Lipinski definition) is 1. The van der Waals surface area contributed by atoms with Gasteiger partial charge < -0.3 is 76.2 Å². The maximum atomic E-state index is 12.4. The maximum absolute atomic E-state index is 12.4. The summed E-state index contributed by atoms with van der Waals surface area (Å²) in [6.07, 6.45) is -22.2. The van der Waals surface area contributed by atoms with Crippen LogP contribution in [0.15, 0.2) is 0 Å². The van der Waals surface area contributed by atoms with E-state index in [-0.39, 0.29) is 0 Å². The first-order valence-electron chi connectivity index (χ1n) is 19.0. The highest BCUT2D eigenvalue weighted by Gasteiger charge is 2.61. The molecule has 17 atom stereocenters. The van der Waals surface area contributed by atoms with Gasteiger partial charge in [0.15, 0.2) is 61.8 Å². The van der Waals surface area contributed by atoms with Crippen molar-refractivity contribution < 1.29 is 114 Å². The quantitative estimate of drug-likeness (QED) is 0.114. The van der Waals surface area contributed by atoms with Crippen molar-refractivity contribution in [2.75, 3.05) is 25.7 Å². The van der Waals surface area contributed by atoms with E-state index in [2.05, 4.69) is 0 Å². The number of rotatable bonds is 15. The molecule has 5 aliphatic rings. The van der Waals surface area contributed by atoms with Crippen molar-refractivity contribution >= 4 is 53.4 Å². The van der Waals surface area contributed by atoms with Crippen molar-refractivity contribution in [2.24, 2.45) is 0 Å². The van der Waals surface area contributed by atoms with Gasteiger partial charge in [-0.25, -0.2) is 0 Å². The highest BCUT2D eigenvalue weighted by molar-refractivity contribution is 6.26. The number of alkyl halides is 1. The van der Waals surface area contributed by atoms with Crippen molar-refractivity contribution in [3.8, 4) is 0 Å². The highest BCUT2D eigenvalue weighted by Crippen LogP contribution is 2.41. The Morgan fingerprint density at radius 2 is 1.08 bits per heavy atom. The monoisotopic (exact) mass is 900 g/mol. The molecule has 0 aromatic heterocycles. The van der Waals surface area contributed by atoms with Crippen molar-refractivity contribution in [3.05, 3.63) is 0 Å². The maximum Gasteiger partial charge on any atom is 0.320 e. The van der Waals surface area contributed by atoms with Gasteiger partial charge in [-0.3, -0.25) is 38.3 Å². The summed E-state index contributed by atoms with van der Waals surface area (Å²) in [5.74, 6) is -8.27. The average molecular weight is 901 g/mol. The Bertz CT molecular complexity index is 1630. The van der Waals surface area contributed by atoms with Crippen LogP contribution in [0.1, 0.15) is 55.4 Å². The zero-order valence-electron chi connectivity index (χ0n) is 34.3. The summed E-state index contributed by atoms with van der Waals surface area (Å²) in [6, 6.07) is 0. The molecule has 25 heteroatoms. The third-order valence-corrected chi connectivity index (χ3v) is 9.65. The third-order valence-electron chi connectivity index (χ3n) is 9.44. The van der Waals surface area contributed by atoms with Gasteiger partial charge in [0.2, 0.25) is 0 Å². The van der Waals surface area contributed by atoms with Crippen molar-refractivity contribution in [2.45, 2.75) is 160 Å². The third kappa shape index (κ3) is 12.2. The Morgan fingerprint density at radius 3 is 1.67 bits per heavy atom. The van der Waals surface area contributed by atoms with Crippen LogP contribution in [0.2, 0.25) is 0 Å². The highest BCUT2D eigenvalue weighted by atomic mass is 35.5. The number of aliphatic hydroxyl groups excluding tert-OH is 1. The Labute approximate surface area is 353 Å². The molecular formula is C36H49ClO24. The van der Waals surface area contributed by atoms with Crippen LogP contribution in [-0.4, -0.2) is 177 Å². The van der Waals surface area contributed by atoms with Gasteiger partial charge in [-0.2, -0.15) is 0 Å². The van der Waals surface area contributed by atoms with Crippen LogP contribution in [0.3, 0.4) is 0 Å². The number of carbonyl (C=O) groups is 7. The van der Waals surface area contributed by atoms with E-state index in [1.165, 1.54) is 6.92 Å². The van der Waals surface area contributed by atoms with Gasteiger partial charge in [-0.15, -0.1) is 11.6 Å². The zero-order valence-corrected chi connectivity index (χ0v) is 35.0. The fourth-order valence-electron chi connectivity index (χ4n) is 7.23. The zero-order chi connectivity index (χ0) is 44.9. The van der Waals surface area contributed by atoms with Gasteiger partial charge in [-0.05, 0) is 6.92 Å². The summed E-state index contributed by atoms with van der Waals surface area (Å²) in [4.78, 5) is 85.0. The molecule has 61 heavy (non-hydrogen) atoms. The topological polar surface area (TPSA) is 287 Å². The first-order chi connectivity index (χ1) is 28.7. The lowest BCUT2D eigenvalue weighted by molar-refractivity contribution is -0.369. The summed E-state index contributed by atoms with van der Waals surface area (Å²) in [5.41, 5.74) is 0. The van der Waals surface area contributed by atoms with E-state index in [1.807, 2.05) is 0 Å². The minimum Gasteiger partial charge on any atom is -0.463 e. The molecule has 5 heterocycles. The molecule has 24 nitrogen and oxygen atoms in total.